The van der Waals surface area contributed by atoms with Crippen LogP contribution in [0.2, 0.25) is 5.02 Å². The molecule has 2 aromatic rings. The number of carbonyl (C=O) groups is 1. The summed E-state index contributed by atoms with van der Waals surface area (Å²) in [4.78, 5) is 11.8. The zero-order valence-electron chi connectivity index (χ0n) is 10.1. The van der Waals surface area contributed by atoms with Crippen LogP contribution in [0.1, 0.15) is 16.8 Å². The summed E-state index contributed by atoms with van der Waals surface area (Å²) in [7, 11) is 0. The van der Waals surface area contributed by atoms with Gasteiger partial charge in [-0.25, -0.2) is 4.39 Å². The molecule has 0 heterocycles. The smallest absolute Gasteiger partial charge is 0.166 e. The topological polar surface area (TPSA) is 26.3 Å². The number of ether oxygens (including phenoxy) is 1. The second kappa shape index (κ2) is 6.34. The van der Waals surface area contributed by atoms with Gasteiger partial charge in [0.1, 0.15) is 11.6 Å². The summed E-state index contributed by atoms with van der Waals surface area (Å²) in [6.07, 6.45) is 0.244. The first-order valence-electron chi connectivity index (χ1n) is 5.82. The average molecular weight is 279 g/mol. The van der Waals surface area contributed by atoms with Crippen molar-refractivity contribution in [3.8, 4) is 5.75 Å². The van der Waals surface area contributed by atoms with Crippen LogP contribution in [-0.4, -0.2) is 12.4 Å². The van der Waals surface area contributed by atoms with Crippen molar-refractivity contribution in [3.63, 3.8) is 0 Å². The van der Waals surface area contributed by atoms with Gasteiger partial charge in [0.2, 0.25) is 0 Å². The van der Waals surface area contributed by atoms with Crippen LogP contribution in [-0.2, 0) is 0 Å². The molecule has 0 aliphatic rings. The van der Waals surface area contributed by atoms with E-state index in [0.29, 0.717) is 16.3 Å². The summed E-state index contributed by atoms with van der Waals surface area (Å²) in [5.41, 5.74) is 0.487. The second-order valence-electron chi connectivity index (χ2n) is 3.98. The van der Waals surface area contributed by atoms with Crippen LogP contribution in [0.3, 0.4) is 0 Å². The van der Waals surface area contributed by atoms with E-state index in [4.69, 9.17) is 16.3 Å². The highest BCUT2D eigenvalue weighted by molar-refractivity contribution is 6.30. The van der Waals surface area contributed by atoms with Gasteiger partial charge in [0, 0.05) is 17.0 Å². The summed E-state index contributed by atoms with van der Waals surface area (Å²) in [5.74, 6) is 0.235. The minimum absolute atomic E-state index is 0.0750. The SMILES string of the molecule is O=C(CCOc1ccc(Cl)cc1)c1ccc(F)cc1. The fourth-order valence-electron chi connectivity index (χ4n) is 1.57. The monoisotopic (exact) mass is 278 g/mol. The Morgan fingerprint density at radius 3 is 2.32 bits per heavy atom. The molecule has 0 spiro atoms. The van der Waals surface area contributed by atoms with Gasteiger partial charge in [-0.3, -0.25) is 4.79 Å². The summed E-state index contributed by atoms with van der Waals surface area (Å²) < 4.78 is 18.1. The Labute approximate surface area is 115 Å². The first-order chi connectivity index (χ1) is 9.15. The Bertz CT molecular complexity index is 549. The van der Waals surface area contributed by atoms with E-state index in [1.165, 1.54) is 24.3 Å². The molecule has 0 saturated heterocycles. The molecular weight excluding hydrogens is 267 g/mol. The van der Waals surface area contributed by atoms with Crippen LogP contribution in [0.25, 0.3) is 0 Å². The summed E-state index contributed by atoms with van der Waals surface area (Å²) >= 11 is 5.75. The number of Topliss-reactive ketones (excluding diaryl/α,β-unsaturated/α-hetero) is 1. The van der Waals surface area contributed by atoms with Crippen molar-refractivity contribution in [1.29, 1.82) is 0 Å². The molecule has 0 N–H and O–H groups in total. The maximum atomic E-state index is 12.7. The Morgan fingerprint density at radius 1 is 1.05 bits per heavy atom. The maximum Gasteiger partial charge on any atom is 0.166 e. The molecule has 2 nitrogen and oxygen atoms in total. The van der Waals surface area contributed by atoms with E-state index in [9.17, 15) is 9.18 Å². The van der Waals surface area contributed by atoms with Crippen LogP contribution in [0.4, 0.5) is 4.39 Å². The van der Waals surface area contributed by atoms with Crippen LogP contribution < -0.4 is 4.74 Å². The second-order valence-corrected chi connectivity index (χ2v) is 4.42. The van der Waals surface area contributed by atoms with E-state index in [1.807, 2.05) is 0 Å². The van der Waals surface area contributed by atoms with Gasteiger partial charge >= 0.3 is 0 Å². The highest BCUT2D eigenvalue weighted by atomic mass is 35.5. The van der Waals surface area contributed by atoms with Gasteiger partial charge in [-0.05, 0) is 48.5 Å². The Kier molecular flexibility index (Phi) is 4.53. The van der Waals surface area contributed by atoms with E-state index < -0.39 is 0 Å². The van der Waals surface area contributed by atoms with Crippen LogP contribution in [0.15, 0.2) is 48.5 Å². The van der Waals surface area contributed by atoms with E-state index in [-0.39, 0.29) is 24.6 Å². The lowest BCUT2D eigenvalue weighted by molar-refractivity contribution is 0.0962. The molecule has 0 fully saturated rings. The number of benzene rings is 2. The van der Waals surface area contributed by atoms with E-state index in [2.05, 4.69) is 0 Å². The number of ketones is 1. The van der Waals surface area contributed by atoms with Crippen molar-refractivity contribution in [2.24, 2.45) is 0 Å². The van der Waals surface area contributed by atoms with Gasteiger partial charge in [-0.2, -0.15) is 0 Å². The third-order valence-corrected chi connectivity index (χ3v) is 2.83. The zero-order valence-corrected chi connectivity index (χ0v) is 10.9. The molecule has 0 amide bonds. The molecule has 0 radical (unpaired) electrons. The third kappa shape index (κ3) is 4.07. The lowest BCUT2D eigenvalue weighted by Gasteiger charge is -2.05. The average Bonchev–Trinajstić information content (AvgIpc) is 2.41. The third-order valence-electron chi connectivity index (χ3n) is 2.58. The lowest BCUT2D eigenvalue weighted by Crippen LogP contribution is -2.06. The Morgan fingerprint density at radius 2 is 1.68 bits per heavy atom. The van der Waals surface area contributed by atoms with Gasteiger partial charge in [-0.15, -0.1) is 0 Å². The first kappa shape index (κ1) is 13.6. The lowest BCUT2D eigenvalue weighted by atomic mass is 10.1. The molecule has 0 aliphatic carbocycles. The van der Waals surface area contributed by atoms with Gasteiger partial charge in [0.15, 0.2) is 5.78 Å². The summed E-state index contributed by atoms with van der Waals surface area (Å²) in [5, 5.41) is 0.634. The van der Waals surface area contributed by atoms with Crippen molar-refractivity contribution in [2.45, 2.75) is 6.42 Å². The first-order valence-corrected chi connectivity index (χ1v) is 6.20. The molecule has 19 heavy (non-hydrogen) atoms. The van der Waals surface area contributed by atoms with Crippen molar-refractivity contribution >= 4 is 17.4 Å². The highest BCUT2D eigenvalue weighted by Crippen LogP contribution is 2.16. The quantitative estimate of drug-likeness (QED) is 0.769. The van der Waals surface area contributed by atoms with Gasteiger partial charge in [0.25, 0.3) is 0 Å². The van der Waals surface area contributed by atoms with Crippen LogP contribution >= 0.6 is 11.6 Å². The molecule has 2 aromatic carbocycles. The van der Waals surface area contributed by atoms with Crippen molar-refractivity contribution in [3.05, 3.63) is 64.9 Å². The predicted molar refractivity (Wildman–Crippen MR) is 72.3 cm³/mol. The number of hydrogen-bond donors (Lipinski definition) is 0. The molecule has 0 atom stereocenters. The standard InChI is InChI=1S/C15H12ClFO2/c16-12-3-7-14(8-4-12)19-10-9-15(18)11-1-5-13(17)6-2-11/h1-8H,9-10H2. The molecule has 0 aromatic heterocycles. The van der Waals surface area contributed by atoms with E-state index >= 15 is 0 Å². The molecular formula is C15H12ClFO2. The van der Waals surface area contributed by atoms with Gasteiger partial charge in [-0.1, -0.05) is 11.6 Å². The van der Waals surface area contributed by atoms with Crippen molar-refractivity contribution in [1.82, 2.24) is 0 Å². The van der Waals surface area contributed by atoms with Crippen LogP contribution in [0.5, 0.6) is 5.75 Å². The largest absolute Gasteiger partial charge is 0.493 e. The molecule has 2 rings (SSSR count). The Hall–Kier alpha value is -1.87. The number of carbonyl (C=O) groups excluding carboxylic acids is 1. The van der Waals surface area contributed by atoms with Gasteiger partial charge in [0.05, 0.1) is 6.61 Å². The molecule has 4 heteroatoms. The number of halogens is 2. The summed E-state index contributed by atoms with van der Waals surface area (Å²) in [6.45, 7) is 0.276. The number of hydrogen-bond acceptors (Lipinski definition) is 2. The summed E-state index contributed by atoms with van der Waals surface area (Å²) in [6, 6.07) is 12.4. The predicted octanol–water partition coefficient (Wildman–Crippen LogP) is 4.13. The van der Waals surface area contributed by atoms with E-state index in [1.54, 1.807) is 24.3 Å². The number of rotatable bonds is 5. The van der Waals surface area contributed by atoms with E-state index in [0.717, 1.165) is 0 Å². The maximum absolute atomic E-state index is 12.7. The van der Waals surface area contributed by atoms with Crippen molar-refractivity contribution < 1.29 is 13.9 Å². The minimum atomic E-state index is -0.353. The molecule has 0 unspecified atom stereocenters. The molecule has 0 saturated carbocycles. The fourth-order valence-corrected chi connectivity index (χ4v) is 1.70. The molecule has 0 aliphatic heterocycles. The molecule has 0 bridgehead atoms. The van der Waals surface area contributed by atoms with Gasteiger partial charge < -0.3 is 4.74 Å². The van der Waals surface area contributed by atoms with Crippen molar-refractivity contribution in [2.75, 3.05) is 6.61 Å². The zero-order chi connectivity index (χ0) is 13.7. The Balaban J connectivity index is 1.84. The molecule has 98 valence electrons. The fraction of sp³-hybridized carbons (Fsp3) is 0.133. The minimum Gasteiger partial charge on any atom is -0.493 e. The normalized spacial score (nSPS) is 10.2. The highest BCUT2D eigenvalue weighted by Gasteiger charge is 2.06. The van der Waals surface area contributed by atoms with Crippen LogP contribution in [0, 0.1) is 5.82 Å².